The first-order valence-electron chi connectivity index (χ1n) is 5.81. The van der Waals surface area contributed by atoms with Crippen LogP contribution in [0.25, 0.3) is 0 Å². The zero-order valence-electron chi connectivity index (χ0n) is 10.0. The van der Waals surface area contributed by atoms with Crippen LogP contribution >= 0.6 is 0 Å². The number of rotatable bonds is 3. The molecule has 1 aliphatic rings. The number of pyridine rings is 1. The molecule has 0 radical (unpaired) electrons. The Labute approximate surface area is 101 Å². The second kappa shape index (κ2) is 5.14. The summed E-state index contributed by atoms with van der Waals surface area (Å²) < 4.78 is 5.89. The second-order valence-electron chi connectivity index (χ2n) is 4.38. The van der Waals surface area contributed by atoms with Crippen LogP contribution in [0.4, 0.5) is 0 Å². The molecular formula is C12H18N4O. The number of hydrogen-bond acceptors (Lipinski definition) is 4. The first-order chi connectivity index (χ1) is 8.16. The van der Waals surface area contributed by atoms with Crippen LogP contribution in [0, 0.1) is 5.41 Å². The van der Waals surface area contributed by atoms with E-state index in [1.807, 2.05) is 6.07 Å². The number of nitrogens with one attached hydrogen (secondary N) is 1. The molecule has 3 N–H and O–H groups in total. The van der Waals surface area contributed by atoms with Crippen molar-refractivity contribution >= 4 is 5.84 Å². The molecule has 0 spiro atoms. The number of hydrogen-bond donors (Lipinski definition) is 2. The van der Waals surface area contributed by atoms with Crippen molar-refractivity contribution in [2.45, 2.75) is 18.9 Å². The molecule has 0 aliphatic carbocycles. The number of nitrogens with zero attached hydrogens (tertiary/aromatic N) is 2. The Morgan fingerprint density at radius 3 is 2.88 bits per heavy atom. The molecule has 92 valence electrons. The number of piperidine rings is 1. The molecule has 1 aliphatic heterocycles. The summed E-state index contributed by atoms with van der Waals surface area (Å²) >= 11 is 0. The van der Waals surface area contributed by atoms with E-state index in [2.05, 4.69) is 16.9 Å². The van der Waals surface area contributed by atoms with Crippen molar-refractivity contribution in [1.82, 2.24) is 9.88 Å². The topological polar surface area (TPSA) is 75.2 Å². The number of amidine groups is 1. The van der Waals surface area contributed by atoms with Crippen molar-refractivity contribution in [3.8, 4) is 5.75 Å². The fourth-order valence-electron chi connectivity index (χ4n) is 1.97. The summed E-state index contributed by atoms with van der Waals surface area (Å²) in [4.78, 5) is 6.36. The van der Waals surface area contributed by atoms with Crippen molar-refractivity contribution in [2.75, 3.05) is 20.1 Å². The van der Waals surface area contributed by atoms with Gasteiger partial charge in [-0.1, -0.05) is 0 Å². The maximum atomic E-state index is 7.45. The van der Waals surface area contributed by atoms with Crippen molar-refractivity contribution in [1.29, 1.82) is 5.41 Å². The summed E-state index contributed by atoms with van der Waals surface area (Å²) in [6.45, 7) is 2.08. The van der Waals surface area contributed by atoms with E-state index < -0.39 is 0 Å². The van der Waals surface area contributed by atoms with E-state index in [0.29, 0.717) is 11.4 Å². The first kappa shape index (κ1) is 11.9. The minimum atomic E-state index is -0.0477. The van der Waals surface area contributed by atoms with Crippen molar-refractivity contribution in [2.24, 2.45) is 5.73 Å². The van der Waals surface area contributed by atoms with Crippen LogP contribution in [0.2, 0.25) is 0 Å². The lowest BCUT2D eigenvalue weighted by Crippen LogP contribution is -2.36. The van der Waals surface area contributed by atoms with Gasteiger partial charge in [0.1, 0.15) is 23.4 Å². The maximum Gasteiger partial charge on any atom is 0.149 e. The molecule has 5 nitrogen and oxygen atoms in total. The van der Waals surface area contributed by atoms with Gasteiger partial charge in [0.25, 0.3) is 0 Å². The monoisotopic (exact) mass is 234 g/mol. The first-order valence-corrected chi connectivity index (χ1v) is 5.81. The lowest BCUT2D eigenvalue weighted by atomic mass is 10.1. The zero-order chi connectivity index (χ0) is 12.3. The Hall–Kier alpha value is -1.62. The predicted molar refractivity (Wildman–Crippen MR) is 66.4 cm³/mol. The number of nitrogen functional groups attached to an aromatic ring is 1. The van der Waals surface area contributed by atoms with E-state index in [4.69, 9.17) is 15.9 Å². The third kappa shape index (κ3) is 2.94. The number of aromatic nitrogens is 1. The van der Waals surface area contributed by atoms with Gasteiger partial charge in [-0.2, -0.15) is 0 Å². The molecule has 0 aromatic carbocycles. The molecule has 0 bridgehead atoms. The van der Waals surface area contributed by atoms with Gasteiger partial charge in [-0.25, -0.2) is 4.98 Å². The minimum Gasteiger partial charge on any atom is -0.488 e. The van der Waals surface area contributed by atoms with E-state index in [9.17, 15) is 0 Å². The highest BCUT2D eigenvalue weighted by molar-refractivity contribution is 5.95. The van der Waals surface area contributed by atoms with Gasteiger partial charge in [0, 0.05) is 19.3 Å². The highest BCUT2D eigenvalue weighted by Crippen LogP contribution is 2.20. The number of likely N-dealkylation sites (tertiary alicyclic amines) is 1. The fraction of sp³-hybridized carbons (Fsp3) is 0.500. The van der Waals surface area contributed by atoms with Crippen LogP contribution in [0.5, 0.6) is 5.75 Å². The highest BCUT2D eigenvalue weighted by Gasteiger charge is 2.19. The van der Waals surface area contributed by atoms with E-state index in [1.54, 1.807) is 12.3 Å². The zero-order valence-corrected chi connectivity index (χ0v) is 10.0. The third-order valence-electron chi connectivity index (χ3n) is 2.99. The Balaban J connectivity index is 2.05. The molecule has 1 aromatic rings. The summed E-state index contributed by atoms with van der Waals surface area (Å²) in [6.07, 6.45) is 3.83. The Morgan fingerprint density at radius 1 is 1.53 bits per heavy atom. The standard InChI is InChI=1S/C12H18N4O/c1-16-7-4-9(5-8-16)17-10-3-2-6-15-11(10)12(13)14/h2-3,6,9H,4-5,7-8H2,1H3,(H3,13,14). The van der Waals surface area contributed by atoms with E-state index in [0.717, 1.165) is 25.9 Å². The van der Waals surface area contributed by atoms with E-state index in [-0.39, 0.29) is 11.9 Å². The summed E-state index contributed by atoms with van der Waals surface area (Å²) in [7, 11) is 2.11. The summed E-state index contributed by atoms with van der Waals surface area (Å²) in [6, 6.07) is 3.62. The Bertz CT molecular complexity index is 399. The van der Waals surface area contributed by atoms with Crippen molar-refractivity contribution < 1.29 is 4.74 Å². The molecule has 2 rings (SSSR count). The average molecular weight is 234 g/mol. The molecule has 1 saturated heterocycles. The van der Waals surface area contributed by atoms with Gasteiger partial charge in [0.2, 0.25) is 0 Å². The second-order valence-corrected chi connectivity index (χ2v) is 4.38. The van der Waals surface area contributed by atoms with Gasteiger partial charge in [0.15, 0.2) is 0 Å². The molecule has 0 atom stereocenters. The van der Waals surface area contributed by atoms with E-state index in [1.165, 1.54) is 0 Å². The summed E-state index contributed by atoms with van der Waals surface area (Å²) in [5, 5.41) is 7.45. The van der Waals surface area contributed by atoms with Gasteiger partial charge in [-0.05, 0) is 32.0 Å². The molecular weight excluding hydrogens is 216 g/mol. The Kier molecular flexibility index (Phi) is 3.58. The fourth-order valence-corrected chi connectivity index (χ4v) is 1.97. The summed E-state index contributed by atoms with van der Waals surface area (Å²) in [5.74, 6) is 0.572. The molecule has 0 unspecified atom stereocenters. The third-order valence-corrected chi connectivity index (χ3v) is 2.99. The number of ether oxygens (including phenoxy) is 1. The lowest BCUT2D eigenvalue weighted by molar-refractivity contribution is 0.114. The molecule has 2 heterocycles. The normalized spacial score (nSPS) is 17.9. The van der Waals surface area contributed by atoms with Crippen LogP contribution < -0.4 is 10.5 Å². The van der Waals surface area contributed by atoms with Gasteiger partial charge in [-0.15, -0.1) is 0 Å². The molecule has 0 amide bonds. The molecule has 0 saturated carbocycles. The van der Waals surface area contributed by atoms with Crippen LogP contribution in [0.3, 0.4) is 0 Å². The van der Waals surface area contributed by atoms with Gasteiger partial charge in [0.05, 0.1) is 0 Å². The number of nitrogens with two attached hydrogens (primary N) is 1. The highest BCUT2D eigenvalue weighted by atomic mass is 16.5. The predicted octanol–water partition coefficient (Wildman–Crippen LogP) is 0.839. The minimum absolute atomic E-state index is 0.0477. The lowest BCUT2D eigenvalue weighted by Gasteiger charge is -2.29. The average Bonchev–Trinajstić information content (AvgIpc) is 2.32. The van der Waals surface area contributed by atoms with Crippen LogP contribution in [0.1, 0.15) is 18.5 Å². The molecule has 1 aromatic heterocycles. The van der Waals surface area contributed by atoms with Gasteiger partial charge >= 0.3 is 0 Å². The van der Waals surface area contributed by atoms with Crippen LogP contribution in [0.15, 0.2) is 18.3 Å². The van der Waals surface area contributed by atoms with Crippen molar-refractivity contribution in [3.05, 3.63) is 24.0 Å². The van der Waals surface area contributed by atoms with Gasteiger partial charge < -0.3 is 15.4 Å². The largest absolute Gasteiger partial charge is 0.488 e. The molecule has 1 fully saturated rings. The van der Waals surface area contributed by atoms with Crippen LogP contribution in [-0.4, -0.2) is 42.0 Å². The molecule has 17 heavy (non-hydrogen) atoms. The smallest absolute Gasteiger partial charge is 0.149 e. The van der Waals surface area contributed by atoms with Crippen molar-refractivity contribution in [3.63, 3.8) is 0 Å². The van der Waals surface area contributed by atoms with E-state index >= 15 is 0 Å². The Morgan fingerprint density at radius 2 is 2.24 bits per heavy atom. The maximum absolute atomic E-state index is 7.45. The SMILES string of the molecule is CN1CCC(Oc2cccnc2C(=N)N)CC1. The summed E-state index contributed by atoms with van der Waals surface area (Å²) in [5.41, 5.74) is 5.91. The quantitative estimate of drug-likeness (QED) is 0.600. The van der Waals surface area contributed by atoms with Crippen LogP contribution in [-0.2, 0) is 0 Å². The van der Waals surface area contributed by atoms with Gasteiger partial charge in [-0.3, -0.25) is 5.41 Å². The molecule has 5 heteroatoms.